The normalized spacial score (nSPS) is 9.63. The molecule has 19 heavy (non-hydrogen) atoms. The first-order valence-corrected chi connectivity index (χ1v) is 6.22. The first kappa shape index (κ1) is 12.9. The van der Waals surface area contributed by atoms with E-state index in [-0.39, 0.29) is 0 Å². The average Bonchev–Trinajstić information content (AvgIpc) is 2.47. The fourth-order valence-electron chi connectivity index (χ4n) is 1.82. The predicted molar refractivity (Wildman–Crippen MR) is 79.7 cm³/mol. The van der Waals surface area contributed by atoms with Gasteiger partial charge in [0.1, 0.15) is 0 Å². The minimum atomic E-state index is 0.455. The van der Waals surface area contributed by atoms with Crippen LogP contribution in [0.5, 0.6) is 0 Å². The van der Waals surface area contributed by atoms with E-state index < -0.39 is 0 Å². The number of hydrogen-bond donors (Lipinski definition) is 1. The third kappa shape index (κ3) is 3.72. The molecule has 2 heteroatoms. The molecular formula is C17H16N2. The van der Waals surface area contributed by atoms with Crippen LogP contribution in [0, 0.1) is 11.3 Å². The van der Waals surface area contributed by atoms with Crippen LogP contribution in [0.2, 0.25) is 0 Å². The number of nitrogens with zero attached hydrogens (tertiary/aromatic N) is 1. The van der Waals surface area contributed by atoms with Gasteiger partial charge in [-0.25, -0.2) is 0 Å². The lowest BCUT2D eigenvalue weighted by Gasteiger charge is -2.09. The molecule has 1 N–H and O–H groups in total. The smallest absolute Gasteiger partial charge is 0.0669 e. The maximum Gasteiger partial charge on any atom is 0.0669 e. The third-order valence-corrected chi connectivity index (χ3v) is 2.93. The van der Waals surface area contributed by atoms with E-state index in [1.54, 1.807) is 0 Å². The van der Waals surface area contributed by atoms with Crippen molar-refractivity contribution in [3.8, 4) is 6.07 Å². The van der Waals surface area contributed by atoms with Gasteiger partial charge in [-0.15, -0.1) is 0 Å². The number of rotatable bonds is 5. The summed E-state index contributed by atoms with van der Waals surface area (Å²) in [6, 6.07) is 20.2. The Morgan fingerprint density at radius 3 is 2.37 bits per heavy atom. The lowest BCUT2D eigenvalue weighted by molar-refractivity contribution is 1.25. The van der Waals surface area contributed by atoms with Crippen molar-refractivity contribution >= 4 is 11.3 Å². The molecule has 0 unspecified atom stereocenters. The molecule has 2 aromatic rings. The van der Waals surface area contributed by atoms with E-state index in [1.807, 2.05) is 42.5 Å². The third-order valence-electron chi connectivity index (χ3n) is 2.93. The summed E-state index contributed by atoms with van der Waals surface area (Å²) in [6.45, 7) is 4.79. The first-order valence-electron chi connectivity index (χ1n) is 6.22. The summed E-state index contributed by atoms with van der Waals surface area (Å²) in [5.74, 6) is 0. The molecule has 0 bridgehead atoms. The van der Waals surface area contributed by atoms with Crippen LogP contribution in [0.25, 0.3) is 5.57 Å². The van der Waals surface area contributed by atoms with Crippen molar-refractivity contribution in [2.45, 2.75) is 6.42 Å². The van der Waals surface area contributed by atoms with Gasteiger partial charge in [-0.2, -0.15) is 5.26 Å². The Morgan fingerprint density at radius 1 is 1.05 bits per heavy atom. The van der Waals surface area contributed by atoms with Gasteiger partial charge in [0.15, 0.2) is 0 Å². The van der Waals surface area contributed by atoms with Gasteiger partial charge < -0.3 is 5.32 Å². The molecular weight excluding hydrogens is 232 g/mol. The van der Waals surface area contributed by atoms with Gasteiger partial charge in [0, 0.05) is 12.2 Å². The molecule has 0 fully saturated rings. The Kier molecular flexibility index (Phi) is 4.36. The van der Waals surface area contributed by atoms with Crippen LogP contribution in [0.15, 0.2) is 61.2 Å². The predicted octanol–water partition coefficient (Wildman–Crippen LogP) is 3.88. The Morgan fingerprint density at radius 2 is 1.74 bits per heavy atom. The summed E-state index contributed by atoms with van der Waals surface area (Å²) in [5.41, 5.74) is 4.28. The number of nitriles is 1. The van der Waals surface area contributed by atoms with E-state index in [9.17, 15) is 0 Å². The number of hydrogen-bond acceptors (Lipinski definition) is 2. The zero-order valence-corrected chi connectivity index (χ0v) is 10.8. The van der Waals surface area contributed by atoms with Crippen LogP contribution in [0.3, 0.4) is 0 Å². The SMILES string of the molecule is C=C(CNc1ccc(CC#N)cc1)c1ccccc1. The lowest BCUT2D eigenvalue weighted by Crippen LogP contribution is -2.03. The Labute approximate surface area is 114 Å². The van der Waals surface area contributed by atoms with Crippen LogP contribution < -0.4 is 5.32 Å². The van der Waals surface area contributed by atoms with Crippen LogP contribution in [-0.2, 0) is 6.42 Å². The lowest BCUT2D eigenvalue weighted by atomic mass is 10.1. The number of benzene rings is 2. The summed E-state index contributed by atoms with van der Waals surface area (Å²) >= 11 is 0. The highest BCUT2D eigenvalue weighted by atomic mass is 14.9. The first-order chi connectivity index (χ1) is 9.29. The molecule has 2 aromatic carbocycles. The van der Waals surface area contributed by atoms with Crippen LogP contribution in [-0.4, -0.2) is 6.54 Å². The number of anilines is 1. The van der Waals surface area contributed by atoms with Crippen molar-refractivity contribution < 1.29 is 0 Å². The topological polar surface area (TPSA) is 35.8 Å². The molecule has 0 aromatic heterocycles. The standard InChI is InChI=1S/C17H16N2/c1-14(16-5-3-2-4-6-16)13-19-17-9-7-15(8-10-17)11-12-18/h2-10,19H,1,11,13H2. The maximum absolute atomic E-state index is 8.61. The summed E-state index contributed by atoms with van der Waals surface area (Å²) < 4.78 is 0. The Bertz CT molecular complexity index is 577. The molecule has 0 amide bonds. The second-order valence-electron chi connectivity index (χ2n) is 4.35. The highest BCUT2D eigenvalue weighted by molar-refractivity contribution is 5.67. The van der Waals surface area contributed by atoms with Crippen molar-refractivity contribution in [2.24, 2.45) is 0 Å². The summed E-state index contributed by atoms with van der Waals surface area (Å²) in [5, 5.41) is 11.9. The minimum absolute atomic E-state index is 0.455. The summed E-state index contributed by atoms with van der Waals surface area (Å²) in [7, 11) is 0. The van der Waals surface area contributed by atoms with E-state index >= 15 is 0 Å². The van der Waals surface area contributed by atoms with E-state index in [1.165, 1.54) is 0 Å². The summed E-state index contributed by atoms with van der Waals surface area (Å²) in [4.78, 5) is 0. The Balaban J connectivity index is 1.92. The molecule has 94 valence electrons. The molecule has 2 nitrogen and oxygen atoms in total. The zero-order valence-electron chi connectivity index (χ0n) is 10.8. The van der Waals surface area contributed by atoms with Gasteiger partial charge in [-0.3, -0.25) is 0 Å². The fourth-order valence-corrected chi connectivity index (χ4v) is 1.82. The zero-order chi connectivity index (χ0) is 13.5. The second-order valence-corrected chi connectivity index (χ2v) is 4.35. The molecule has 0 aliphatic carbocycles. The highest BCUT2D eigenvalue weighted by Gasteiger charge is 1.98. The largest absolute Gasteiger partial charge is 0.381 e. The maximum atomic E-state index is 8.61. The van der Waals surface area contributed by atoms with Gasteiger partial charge in [0.05, 0.1) is 12.5 Å². The molecule has 0 saturated carbocycles. The monoisotopic (exact) mass is 248 g/mol. The molecule has 0 spiro atoms. The fraction of sp³-hybridized carbons (Fsp3) is 0.118. The molecule has 0 aliphatic heterocycles. The quantitative estimate of drug-likeness (QED) is 0.871. The van der Waals surface area contributed by atoms with Crippen molar-refractivity contribution in [3.63, 3.8) is 0 Å². The Hall–Kier alpha value is -2.53. The number of nitrogens with one attached hydrogen (secondary N) is 1. The van der Waals surface area contributed by atoms with Gasteiger partial charge in [0.25, 0.3) is 0 Å². The second kappa shape index (κ2) is 6.42. The van der Waals surface area contributed by atoms with E-state index in [4.69, 9.17) is 5.26 Å². The van der Waals surface area contributed by atoms with Crippen molar-refractivity contribution in [1.29, 1.82) is 5.26 Å². The van der Waals surface area contributed by atoms with Crippen molar-refractivity contribution in [2.75, 3.05) is 11.9 Å². The van der Waals surface area contributed by atoms with Crippen LogP contribution in [0.4, 0.5) is 5.69 Å². The van der Waals surface area contributed by atoms with Gasteiger partial charge in [-0.1, -0.05) is 49.0 Å². The average molecular weight is 248 g/mol. The molecule has 0 aliphatic rings. The van der Waals surface area contributed by atoms with Crippen molar-refractivity contribution in [1.82, 2.24) is 0 Å². The van der Waals surface area contributed by atoms with E-state index in [0.29, 0.717) is 13.0 Å². The highest BCUT2D eigenvalue weighted by Crippen LogP contribution is 2.14. The van der Waals surface area contributed by atoms with E-state index in [0.717, 1.165) is 22.4 Å². The van der Waals surface area contributed by atoms with Crippen LogP contribution in [0.1, 0.15) is 11.1 Å². The van der Waals surface area contributed by atoms with Gasteiger partial charge in [-0.05, 0) is 28.8 Å². The summed E-state index contributed by atoms with van der Waals surface area (Å²) in [6.07, 6.45) is 0.455. The van der Waals surface area contributed by atoms with Gasteiger partial charge >= 0.3 is 0 Å². The molecule has 0 heterocycles. The molecule has 0 atom stereocenters. The van der Waals surface area contributed by atoms with Crippen LogP contribution >= 0.6 is 0 Å². The van der Waals surface area contributed by atoms with Crippen molar-refractivity contribution in [3.05, 3.63) is 72.3 Å². The van der Waals surface area contributed by atoms with E-state index in [2.05, 4.69) is 30.1 Å². The van der Waals surface area contributed by atoms with Gasteiger partial charge in [0.2, 0.25) is 0 Å². The minimum Gasteiger partial charge on any atom is -0.381 e. The molecule has 0 saturated heterocycles. The molecule has 0 radical (unpaired) electrons. The molecule has 2 rings (SSSR count).